The molecule has 1 aromatic rings. The molecule has 1 rings (SSSR count). The van der Waals surface area contributed by atoms with E-state index in [9.17, 15) is 4.79 Å². The highest BCUT2D eigenvalue weighted by molar-refractivity contribution is 7.81. The van der Waals surface area contributed by atoms with Gasteiger partial charge in [-0.15, -0.1) is 0 Å². The van der Waals surface area contributed by atoms with Gasteiger partial charge in [0.25, 0.3) is 0 Å². The molecule has 0 saturated carbocycles. The van der Waals surface area contributed by atoms with Crippen LogP contribution in [0.5, 0.6) is 0 Å². The van der Waals surface area contributed by atoms with Crippen LogP contribution in [0.3, 0.4) is 0 Å². The van der Waals surface area contributed by atoms with Crippen molar-refractivity contribution in [3.8, 4) is 0 Å². The summed E-state index contributed by atoms with van der Waals surface area (Å²) in [5.41, 5.74) is 1.03. The van der Waals surface area contributed by atoms with Crippen molar-refractivity contribution in [2.45, 2.75) is 6.54 Å². The number of nitrogens with one attached hydrogen (secondary N) is 1. The minimum absolute atomic E-state index is 0.0351. The molecule has 4 heteroatoms. The molecule has 1 amide bonds. The molecule has 0 bridgehead atoms. The molecule has 0 unspecified atom stereocenters. The average molecular weight is 184 g/mol. The molecule has 0 aliphatic rings. The standard InChI is InChI=1S/C8H12N2OS/c1-10(8(11)6-12)5-7-3-2-4-9-7/h2-4,9,12H,5-6H2,1H3. The monoisotopic (exact) mass is 184 g/mol. The third-order valence-electron chi connectivity index (χ3n) is 1.63. The Balaban J connectivity index is 2.47. The van der Waals surface area contributed by atoms with Gasteiger partial charge in [-0.25, -0.2) is 0 Å². The summed E-state index contributed by atoms with van der Waals surface area (Å²) in [7, 11) is 1.76. The lowest BCUT2D eigenvalue weighted by molar-refractivity contribution is -0.127. The molecule has 12 heavy (non-hydrogen) atoms. The van der Waals surface area contributed by atoms with Crippen LogP contribution in [0.1, 0.15) is 5.69 Å². The van der Waals surface area contributed by atoms with Crippen molar-refractivity contribution in [2.75, 3.05) is 12.8 Å². The predicted molar refractivity (Wildman–Crippen MR) is 51.1 cm³/mol. The van der Waals surface area contributed by atoms with E-state index < -0.39 is 0 Å². The second-order valence-corrected chi connectivity index (χ2v) is 2.92. The summed E-state index contributed by atoms with van der Waals surface area (Å²) in [5.74, 6) is 0.296. The van der Waals surface area contributed by atoms with Crippen LogP contribution in [0, 0.1) is 0 Å². The van der Waals surface area contributed by atoms with Gasteiger partial charge in [0.2, 0.25) is 5.91 Å². The summed E-state index contributed by atoms with van der Waals surface area (Å²) in [4.78, 5) is 15.7. The van der Waals surface area contributed by atoms with Crippen molar-refractivity contribution in [1.29, 1.82) is 0 Å². The number of aromatic amines is 1. The first-order valence-corrected chi connectivity index (χ1v) is 4.34. The quantitative estimate of drug-likeness (QED) is 0.673. The van der Waals surface area contributed by atoms with Gasteiger partial charge in [-0.1, -0.05) is 0 Å². The fourth-order valence-corrected chi connectivity index (χ4v) is 1.17. The molecular weight excluding hydrogens is 172 g/mol. The molecule has 0 aliphatic carbocycles. The summed E-state index contributed by atoms with van der Waals surface area (Å²) >= 11 is 3.90. The normalized spacial score (nSPS) is 9.83. The predicted octanol–water partition coefficient (Wildman–Crippen LogP) is 0.903. The van der Waals surface area contributed by atoms with Crippen LogP contribution in [0.4, 0.5) is 0 Å². The molecular formula is C8H12N2OS. The van der Waals surface area contributed by atoms with E-state index in [4.69, 9.17) is 0 Å². The zero-order valence-electron chi connectivity index (χ0n) is 6.95. The summed E-state index contributed by atoms with van der Waals surface area (Å²) in [6.07, 6.45) is 1.84. The van der Waals surface area contributed by atoms with E-state index in [0.717, 1.165) is 5.69 Å². The van der Waals surface area contributed by atoms with Crippen molar-refractivity contribution in [2.24, 2.45) is 0 Å². The lowest BCUT2D eigenvalue weighted by Gasteiger charge is -2.14. The molecule has 1 heterocycles. The summed E-state index contributed by atoms with van der Waals surface area (Å²) in [5, 5.41) is 0. The molecule has 66 valence electrons. The zero-order valence-corrected chi connectivity index (χ0v) is 7.84. The second-order valence-electron chi connectivity index (χ2n) is 2.60. The van der Waals surface area contributed by atoms with Crippen LogP contribution in [-0.2, 0) is 11.3 Å². The Morgan fingerprint density at radius 1 is 1.75 bits per heavy atom. The topological polar surface area (TPSA) is 36.1 Å². The van der Waals surface area contributed by atoms with E-state index in [1.807, 2.05) is 18.3 Å². The largest absolute Gasteiger partial charge is 0.364 e. The van der Waals surface area contributed by atoms with E-state index >= 15 is 0 Å². The molecule has 0 spiro atoms. The Kier molecular flexibility index (Phi) is 3.22. The van der Waals surface area contributed by atoms with E-state index in [1.54, 1.807) is 11.9 Å². The number of amides is 1. The minimum atomic E-state index is 0.0351. The number of thiol groups is 1. The van der Waals surface area contributed by atoms with Crippen LogP contribution in [0.2, 0.25) is 0 Å². The second kappa shape index (κ2) is 4.21. The zero-order chi connectivity index (χ0) is 8.97. The van der Waals surface area contributed by atoms with Crippen molar-refractivity contribution in [3.05, 3.63) is 24.0 Å². The maximum absolute atomic E-state index is 11.1. The lowest BCUT2D eigenvalue weighted by Crippen LogP contribution is -2.27. The number of aromatic nitrogens is 1. The number of hydrogen-bond donors (Lipinski definition) is 2. The van der Waals surface area contributed by atoms with Gasteiger partial charge in [0, 0.05) is 18.9 Å². The smallest absolute Gasteiger partial charge is 0.232 e. The molecule has 0 aliphatic heterocycles. The number of nitrogens with zero attached hydrogens (tertiary/aromatic N) is 1. The van der Waals surface area contributed by atoms with Gasteiger partial charge in [-0.3, -0.25) is 4.79 Å². The minimum Gasteiger partial charge on any atom is -0.364 e. The highest BCUT2D eigenvalue weighted by atomic mass is 32.1. The maximum atomic E-state index is 11.1. The molecule has 0 saturated heterocycles. The van der Waals surface area contributed by atoms with Crippen LogP contribution in [-0.4, -0.2) is 28.6 Å². The number of hydrogen-bond acceptors (Lipinski definition) is 2. The first kappa shape index (κ1) is 9.19. The summed E-state index contributed by atoms with van der Waals surface area (Å²) in [6.45, 7) is 0.617. The van der Waals surface area contributed by atoms with Gasteiger partial charge < -0.3 is 9.88 Å². The van der Waals surface area contributed by atoms with Crippen molar-refractivity contribution in [1.82, 2.24) is 9.88 Å². The Labute approximate surface area is 77.2 Å². The Hall–Kier alpha value is -0.900. The van der Waals surface area contributed by atoms with Crippen molar-refractivity contribution in [3.63, 3.8) is 0 Å². The van der Waals surface area contributed by atoms with Gasteiger partial charge in [-0.05, 0) is 12.1 Å². The number of H-pyrrole nitrogens is 1. The van der Waals surface area contributed by atoms with Gasteiger partial charge >= 0.3 is 0 Å². The molecule has 0 aromatic carbocycles. The number of rotatable bonds is 3. The molecule has 0 radical (unpaired) electrons. The highest BCUT2D eigenvalue weighted by Crippen LogP contribution is 1.99. The number of carbonyl (C=O) groups excluding carboxylic acids is 1. The highest BCUT2D eigenvalue weighted by Gasteiger charge is 2.06. The third-order valence-corrected chi connectivity index (χ3v) is 1.90. The van der Waals surface area contributed by atoms with Crippen molar-refractivity contribution >= 4 is 18.5 Å². The van der Waals surface area contributed by atoms with E-state index in [1.165, 1.54) is 0 Å². The van der Waals surface area contributed by atoms with E-state index in [2.05, 4.69) is 17.6 Å². The van der Waals surface area contributed by atoms with Crippen molar-refractivity contribution < 1.29 is 4.79 Å². The SMILES string of the molecule is CN(Cc1ccc[nH]1)C(=O)CS. The molecule has 3 nitrogen and oxygen atoms in total. The van der Waals surface area contributed by atoms with Gasteiger partial charge in [0.15, 0.2) is 0 Å². The molecule has 1 aromatic heterocycles. The fraction of sp³-hybridized carbons (Fsp3) is 0.375. The van der Waals surface area contributed by atoms with E-state index in [0.29, 0.717) is 6.54 Å². The van der Waals surface area contributed by atoms with Gasteiger partial charge in [0.05, 0.1) is 12.3 Å². The van der Waals surface area contributed by atoms with Gasteiger partial charge in [0.1, 0.15) is 0 Å². The summed E-state index contributed by atoms with van der Waals surface area (Å²) in [6, 6.07) is 3.86. The van der Waals surface area contributed by atoms with Crippen LogP contribution >= 0.6 is 12.6 Å². The Morgan fingerprint density at radius 3 is 3.00 bits per heavy atom. The average Bonchev–Trinajstić information content (AvgIpc) is 2.55. The first-order chi connectivity index (χ1) is 5.74. The molecule has 0 atom stereocenters. The molecule has 0 fully saturated rings. The Morgan fingerprint density at radius 2 is 2.50 bits per heavy atom. The first-order valence-electron chi connectivity index (χ1n) is 3.71. The molecule has 1 N–H and O–H groups in total. The van der Waals surface area contributed by atoms with E-state index in [-0.39, 0.29) is 11.7 Å². The van der Waals surface area contributed by atoms with Crippen LogP contribution in [0.15, 0.2) is 18.3 Å². The third kappa shape index (κ3) is 2.30. The summed E-state index contributed by atoms with van der Waals surface area (Å²) < 4.78 is 0. The Bertz CT molecular complexity index is 246. The van der Waals surface area contributed by atoms with Crippen LogP contribution < -0.4 is 0 Å². The maximum Gasteiger partial charge on any atom is 0.232 e. The number of carbonyl (C=O) groups is 1. The van der Waals surface area contributed by atoms with Crippen LogP contribution in [0.25, 0.3) is 0 Å². The van der Waals surface area contributed by atoms with Gasteiger partial charge in [-0.2, -0.15) is 12.6 Å². The lowest BCUT2D eigenvalue weighted by atomic mass is 10.4. The fourth-order valence-electron chi connectivity index (χ4n) is 0.930.